The number of hydrogen-bond donors (Lipinski definition) is 1. The maximum absolute atomic E-state index is 14.2. The van der Waals surface area contributed by atoms with E-state index in [1.54, 1.807) is 24.3 Å². The van der Waals surface area contributed by atoms with Crippen molar-refractivity contribution in [1.29, 1.82) is 0 Å². The summed E-state index contributed by atoms with van der Waals surface area (Å²) in [5, 5.41) is 3.07. The van der Waals surface area contributed by atoms with Crippen molar-refractivity contribution in [2.75, 3.05) is 5.32 Å². The van der Waals surface area contributed by atoms with Crippen molar-refractivity contribution in [3.8, 4) is 11.6 Å². The summed E-state index contributed by atoms with van der Waals surface area (Å²) in [6.45, 7) is 1.86. The van der Waals surface area contributed by atoms with Crippen LogP contribution in [0.1, 0.15) is 18.1 Å². The van der Waals surface area contributed by atoms with Gasteiger partial charge < -0.3 is 10.1 Å². The molecule has 1 N–H and O–H groups in total. The highest BCUT2D eigenvalue weighted by molar-refractivity contribution is 5.89. The Labute approximate surface area is 185 Å². The predicted molar refractivity (Wildman–Crippen MR) is 112 cm³/mol. The van der Waals surface area contributed by atoms with Gasteiger partial charge in [0.1, 0.15) is 35.0 Å². The summed E-state index contributed by atoms with van der Waals surface area (Å²) < 4.78 is 71.5. The summed E-state index contributed by atoms with van der Waals surface area (Å²) in [5.74, 6) is -0.623. The number of nitrogens with one attached hydrogen (secondary N) is 1. The molecule has 0 saturated carbocycles. The number of benzene rings is 2. The van der Waals surface area contributed by atoms with Gasteiger partial charge in [0.2, 0.25) is 5.88 Å². The monoisotopic (exact) mass is 460 g/mol. The maximum Gasteiger partial charge on any atom is 0.417 e. The lowest BCUT2D eigenvalue weighted by Gasteiger charge is -2.16. The third-order valence-corrected chi connectivity index (χ3v) is 4.82. The molecule has 170 valence electrons. The summed E-state index contributed by atoms with van der Waals surface area (Å²) in [6, 6.07) is 10.8. The van der Waals surface area contributed by atoms with E-state index in [0.29, 0.717) is 18.4 Å². The molecule has 0 amide bonds. The van der Waals surface area contributed by atoms with E-state index in [4.69, 9.17) is 4.74 Å². The van der Waals surface area contributed by atoms with Gasteiger partial charge in [-0.25, -0.2) is 23.7 Å². The summed E-state index contributed by atoms with van der Waals surface area (Å²) in [7, 11) is 0. The van der Waals surface area contributed by atoms with Crippen LogP contribution in [-0.4, -0.2) is 21.0 Å². The molecule has 0 aliphatic rings. The number of halogens is 5. The fourth-order valence-electron chi connectivity index (χ4n) is 3.27. The van der Waals surface area contributed by atoms with E-state index in [2.05, 4.69) is 20.3 Å². The van der Waals surface area contributed by atoms with Crippen LogP contribution < -0.4 is 10.1 Å². The van der Waals surface area contributed by atoms with Crippen molar-refractivity contribution in [2.24, 2.45) is 0 Å². The molecule has 4 aromatic rings. The first kappa shape index (κ1) is 22.4. The number of fused-ring (bicyclic) bond motifs is 1. The van der Waals surface area contributed by atoms with Crippen LogP contribution in [0.2, 0.25) is 0 Å². The molecule has 33 heavy (non-hydrogen) atoms. The Morgan fingerprint density at radius 1 is 0.909 bits per heavy atom. The summed E-state index contributed by atoms with van der Waals surface area (Å²) >= 11 is 0. The first-order chi connectivity index (χ1) is 15.7. The summed E-state index contributed by atoms with van der Waals surface area (Å²) in [5.41, 5.74) is -0.0448. The standard InChI is InChI=1S/C23H17F5N4O/c1-13(32-22-20-17(24)7-8-18(25)21(20)30-12-31-22)10-14-2-5-16(6-3-14)33-19-9-4-15(11-29-19)23(26,27)28/h2-9,11-13H,10H2,1H3,(H,30,31,32). The Morgan fingerprint density at radius 2 is 1.64 bits per heavy atom. The zero-order chi connectivity index (χ0) is 23.6. The molecule has 0 fully saturated rings. The van der Waals surface area contributed by atoms with Crippen LogP contribution in [0.25, 0.3) is 10.9 Å². The third-order valence-electron chi connectivity index (χ3n) is 4.82. The quantitative estimate of drug-likeness (QED) is 0.350. The molecule has 1 atom stereocenters. The van der Waals surface area contributed by atoms with Gasteiger partial charge in [-0.3, -0.25) is 0 Å². The van der Waals surface area contributed by atoms with E-state index in [-0.39, 0.29) is 28.6 Å². The fourth-order valence-corrected chi connectivity index (χ4v) is 3.27. The predicted octanol–water partition coefficient (Wildman–Crippen LogP) is 6.16. The van der Waals surface area contributed by atoms with Gasteiger partial charge in [0.15, 0.2) is 0 Å². The Balaban J connectivity index is 1.41. The Hall–Kier alpha value is -3.82. The average molecular weight is 460 g/mol. The molecule has 0 aliphatic carbocycles. The smallest absolute Gasteiger partial charge is 0.417 e. The molecule has 0 bridgehead atoms. The van der Waals surface area contributed by atoms with Crippen molar-refractivity contribution < 1.29 is 26.7 Å². The van der Waals surface area contributed by atoms with E-state index in [1.807, 2.05) is 6.92 Å². The van der Waals surface area contributed by atoms with Crippen LogP contribution in [0.5, 0.6) is 11.6 Å². The van der Waals surface area contributed by atoms with E-state index in [1.165, 1.54) is 6.33 Å². The topological polar surface area (TPSA) is 59.9 Å². The minimum atomic E-state index is -4.46. The molecule has 2 aromatic heterocycles. The van der Waals surface area contributed by atoms with Gasteiger partial charge in [-0.15, -0.1) is 0 Å². The van der Waals surface area contributed by atoms with Crippen LogP contribution in [0.15, 0.2) is 61.1 Å². The molecule has 2 aromatic carbocycles. The van der Waals surface area contributed by atoms with Crippen molar-refractivity contribution in [3.63, 3.8) is 0 Å². The molecule has 0 aliphatic heterocycles. The van der Waals surface area contributed by atoms with E-state index in [9.17, 15) is 22.0 Å². The second kappa shape index (κ2) is 8.97. The van der Waals surface area contributed by atoms with Gasteiger partial charge in [0.25, 0.3) is 0 Å². The minimum absolute atomic E-state index is 0.0165. The Morgan fingerprint density at radius 3 is 2.30 bits per heavy atom. The zero-order valence-corrected chi connectivity index (χ0v) is 17.2. The van der Waals surface area contributed by atoms with E-state index >= 15 is 0 Å². The SMILES string of the molecule is CC(Cc1ccc(Oc2ccc(C(F)(F)F)cn2)cc1)Nc1ncnc2c(F)ccc(F)c12. The van der Waals surface area contributed by atoms with Crippen LogP contribution in [0, 0.1) is 11.6 Å². The fraction of sp³-hybridized carbons (Fsp3) is 0.174. The highest BCUT2D eigenvalue weighted by Crippen LogP contribution is 2.30. The number of pyridine rings is 1. The molecule has 0 spiro atoms. The lowest BCUT2D eigenvalue weighted by molar-refractivity contribution is -0.137. The Bertz CT molecular complexity index is 1260. The van der Waals surface area contributed by atoms with Crippen LogP contribution >= 0.6 is 0 Å². The highest BCUT2D eigenvalue weighted by atomic mass is 19.4. The molecule has 10 heteroatoms. The molecule has 2 heterocycles. The summed E-state index contributed by atoms with van der Waals surface area (Å²) in [6.07, 6.45) is -2.05. The van der Waals surface area contributed by atoms with Gasteiger partial charge in [-0.2, -0.15) is 13.2 Å². The van der Waals surface area contributed by atoms with Gasteiger partial charge in [0, 0.05) is 18.3 Å². The van der Waals surface area contributed by atoms with Crippen molar-refractivity contribution in [3.05, 3.63) is 83.8 Å². The lowest BCUT2D eigenvalue weighted by Crippen LogP contribution is -2.19. The van der Waals surface area contributed by atoms with Crippen molar-refractivity contribution >= 4 is 16.7 Å². The number of nitrogens with zero attached hydrogens (tertiary/aromatic N) is 3. The maximum atomic E-state index is 14.2. The first-order valence-electron chi connectivity index (χ1n) is 9.86. The molecular formula is C23H17F5N4O. The van der Waals surface area contributed by atoms with Crippen molar-refractivity contribution in [1.82, 2.24) is 15.0 Å². The third kappa shape index (κ3) is 5.16. The zero-order valence-electron chi connectivity index (χ0n) is 17.2. The minimum Gasteiger partial charge on any atom is -0.439 e. The lowest BCUT2D eigenvalue weighted by atomic mass is 10.1. The number of aromatic nitrogens is 3. The molecular weight excluding hydrogens is 443 g/mol. The normalized spacial score (nSPS) is 12.5. The first-order valence-corrected chi connectivity index (χ1v) is 9.86. The van der Waals surface area contributed by atoms with Gasteiger partial charge in [-0.1, -0.05) is 12.1 Å². The molecule has 4 rings (SSSR count). The second-order valence-electron chi connectivity index (χ2n) is 7.35. The van der Waals surface area contributed by atoms with Crippen molar-refractivity contribution in [2.45, 2.75) is 25.6 Å². The van der Waals surface area contributed by atoms with Gasteiger partial charge in [0.05, 0.1) is 10.9 Å². The highest BCUT2D eigenvalue weighted by Gasteiger charge is 2.30. The largest absolute Gasteiger partial charge is 0.439 e. The molecule has 1 unspecified atom stereocenters. The molecule has 0 radical (unpaired) electrons. The van der Waals surface area contributed by atoms with Gasteiger partial charge >= 0.3 is 6.18 Å². The second-order valence-corrected chi connectivity index (χ2v) is 7.35. The van der Waals surface area contributed by atoms with Crippen LogP contribution in [0.3, 0.4) is 0 Å². The summed E-state index contributed by atoms with van der Waals surface area (Å²) in [4.78, 5) is 11.5. The molecule has 0 saturated heterocycles. The Kier molecular flexibility index (Phi) is 6.08. The van der Waals surface area contributed by atoms with E-state index < -0.39 is 23.4 Å². The molecule has 5 nitrogen and oxygen atoms in total. The van der Waals surface area contributed by atoms with Crippen LogP contribution in [-0.2, 0) is 12.6 Å². The van der Waals surface area contributed by atoms with E-state index in [0.717, 1.165) is 29.8 Å². The number of anilines is 1. The number of alkyl halides is 3. The number of hydrogen-bond acceptors (Lipinski definition) is 5. The average Bonchev–Trinajstić information content (AvgIpc) is 2.77. The van der Waals surface area contributed by atoms with Crippen LogP contribution in [0.4, 0.5) is 27.8 Å². The number of rotatable bonds is 6. The number of ether oxygens (including phenoxy) is 1. The van der Waals surface area contributed by atoms with Gasteiger partial charge in [-0.05, 0) is 49.2 Å².